The molecule has 0 aliphatic heterocycles. The highest BCUT2D eigenvalue weighted by molar-refractivity contribution is 9.10. The van der Waals surface area contributed by atoms with Crippen LogP contribution in [0.2, 0.25) is 0 Å². The van der Waals surface area contributed by atoms with Crippen molar-refractivity contribution in [3.63, 3.8) is 0 Å². The zero-order valence-electron chi connectivity index (χ0n) is 10.6. The third kappa shape index (κ3) is 3.05. The maximum absolute atomic E-state index is 13.2. The van der Waals surface area contributed by atoms with E-state index in [1.807, 2.05) is 0 Å². The van der Waals surface area contributed by atoms with Crippen molar-refractivity contribution in [1.82, 2.24) is 9.13 Å². The average molecular weight is 342 g/mol. The van der Waals surface area contributed by atoms with E-state index in [0.717, 1.165) is 10.1 Å². The number of hydrogen-bond donors (Lipinski definition) is 1. The monoisotopic (exact) mass is 341 g/mol. The Morgan fingerprint density at radius 2 is 2.00 bits per heavy atom. The second-order valence-corrected chi connectivity index (χ2v) is 5.11. The summed E-state index contributed by atoms with van der Waals surface area (Å²) in [4.78, 5) is 23.7. The van der Waals surface area contributed by atoms with Crippen molar-refractivity contribution in [1.29, 1.82) is 0 Å². The Hall–Kier alpha value is -1.73. The molecule has 0 saturated carbocycles. The minimum absolute atomic E-state index is 0.172. The Bertz CT molecular complexity index is 739. The average Bonchev–Trinajstić information content (AvgIpc) is 2.42. The van der Waals surface area contributed by atoms with Crippen molar-refractivity contribution in [2.75, 3.05) is 6.54 Å². The van der Waals surface area contributed by atoms with Crippen LogP contribution in [0.5, 0.6) is 0 Å². The van der Waals surface area contributed by atoms with Crippen LogP contribution in [0.4, 0.5) is 4.39 Å². The molecule has 2 rings (SSSR count). The van der Waals surface area contributed by atoms with Gasteiger partial charge in [-0.25, -0.2) is 9.18 Å². The minimum Gasteiger partial charge on any atom is -0.329 e. The number of benzene rings is 1. The normalized spacial score (nSPS) is 10.8. The van der Waals surface area contributed by atoms with Crippen LogP contribution in [0.3, 0.4) is 0 Å². The quantitative estimate of drug-likeness (QED) is 0.898. The summed E-state index contributed by atoms with van der Waals surface area (Å²) in [7, 11) is 0. The standard InChI is InChI=1S/C13H13BrFN3O2/c14-10-7-9(1-2-11(10)15)8-17-5-3-12(19)18(6-4-16)13(17)20/h1-3,5,7H,4,6,8,16H2. The lowest BCUT2D eigenvalue weighted by Gasteiger charge is -2.09. The molecule has 0 radical (unpaired) electrons. The predicted molar refractivity (Wildman–Crippen MR) is 77.2 cm³/mol. The summed E-state index contributed by atoms with van der Waals surface area (Å²) in [5.74, 6) is -0.366. The van der Waals surface area contributed by atoms with E-state index in [9.17, 15) is 14.0 Å². The molecule has 1 aromatic heterocycles. The van der Waals surface area contributed by atoms with Gasteiger partial charge in [0, 0.05) is 25.4 Å². The highest BCUT2D eigenvalue weighted by atomic mass is 79.9. The first-order valence-electron chi connectivity index (χ1n) is 5.97. The number of hydrogen-bond acceptors (Lipinski definition) is 3. The van der Waals surface area contributed by atoms with E-state index in [0.29, 0.717) is 4.47 Å². The number of aromatic nitrogens is 2. The van der Waals surface area contributed by atoms with Crippen molar-refractivity contribution in [3.8, 4) is 0 Å². The van der Waals surface area contributed by atoms with Gasteiger partial charge in [0.15, 0.2) is 0 Å². The predicted octanol–water partition coefficient (Wildman–Crippen LogP) is 0.919. The van der Waals surface area contributed by atoms with Crippen molar-refractivity contribution < 1.29 is 4.39 Å². The third-order valence-corrected chi connectivity index (χ3v) is 3.44. The molecule has 0 atom stereocenters. The first kappa shape index (κ1) is 14.7. The Kier molecular flexibility index (Phi) is 4.51. The van der Waals surface area contributed by atoms with Gasteiger partial charge in [0.2, 0.25) is 0 Å². The number of nitrogens with zero attached hydrogens (tertiary/aromatic N) is 2. The molecular weight excluding hydrogens is 329 g/mol. The van der Waals surface area contributed by atoms with Crippen molar-refractivity contribution in [2.45, 2.75) is 13.1 Å². The molecular formula is C13H13BrFN3O2. The summed E-state index contributed by atoms with van der Waals surface area (Å²) in [5.41, 5.74) is 5.32. The molecule has 20 heavy (non-hydrogen) atoms. The molecule has 2 aromatic rings. The first-order valence-corrected chi connectivity index (χ1v) is 6.76. The van der Waals surface area contributed by atoms with Crippen LogP contribution in [-0.2, 0) is 13.1 Å². The third-order valence-electron chi connectivity index (χ3n) is 2.83. The molecule has 106 valence electrons. The molecule has 0 amide bonds. The van der Waals surface area contributed by atoms with E-state index < -0.39 is 5.69 Å². The van der Waals surface area contributed by atoms with Gasteiger partial charge in [-0.15, -0.1) is 0 Å². The molecule has 5 nitrogen and oxygen atoms in total. The number of nitrogens with two attached hydrogens (primary N) is 1. The maximum atomic E-state index is 13.2. The fourth-order valence-corrected chi connectivity index (χ4v) is 2.27. The molecule has 2 N–H and O–H groups in total. The Labute approximate surface area is 122 Å². The second kappa shape index (κ2) is 6.15. The molecule has 0 bridgehead atoms. The SMILES string of the molecule is NCCn1c(=O)ccn(Cc2ccc(F)c(Br)c2)c1=O. The molecule has 7 heteroatoms. The van der Waals surface area contributed by atoms with Crippen LogP contribution in [0.1, 0.15) is 5.56 Å². The van der Waals surface area contributed by atoms with E-state index in [2.05, 4.69) is 15.9 Å². The fraction of sp³-hybridized carbons (Fsp3) is 0.231. The molecule has 0 saturated heterocycles. The van der Waals surface area contributed by atoms with Gasteiger partial charge in [0.05, 0.1) is 11.0 Å². The number of rotatable bonds is 4. The van der Waals surface area contributed by atoms with Crippen LogP contribution in [0.25, 0.3) is 0 Å². The molecule has 0 fully saturated rings. The highest BCUT2D eigenvalue weighted by Gasteiger charge is 2.06. The van der Waals surface area contributed by atoms with Crippen molar-refractivity contribution >= 4 is 15.9 Å². The number of halogens is 2. The van der Waals surface area contributed by atoms with Crippen LogP contribution in [0, 0.1) is 5.82 Å². The molecule has 0 aliphatic rings. The van der Waals surface area contributed by atoms with Crippen LogP contribution >= 0.6 is 15.9 Å². The molecule has 1 heterocycles. The Morgan fingerprint density at radius 3 is 2.65 bits per heavy atom. The van der Waals surface area contributed by atoms with E-state index >= 15 is 0 Å². The summed E-state index contributed by atoms with van der Waals surface area (Å²) >= 11 is 3.09. The lowest BCUT2D eigenvalue weighted by molar-refractivity contribution is 0.578. The maximum Gasteiger partial charge on any atom is 0.331 e. The second-order valence-electron chi connectivity index (χ2n) is 4.25. The van der Waals surface area contributed by atoms with Crippen LogP contribution in [0.15, 0.2) is 44.5 Å². The smallest absolute Gasteiger partial charge is 0.329 e. The molecule has 0 aliphatic carbocycles. The lowest BCUT2D eigenvalue weighted by Crippen LogP contribution is -2.40. The van der Waals surface area contributed by atoms with Crippen LogP contribution in [-0.4, -0.2) is 15.7 Å². The fourth-order valence-electron chi connectivity index (χ4n) is 1.85. The van der Waals surface area contributed by atoms with Crippen molar-refractivity contribution in [3.05, 3.63) is 67.2 Å². The summed E-state index contributed by atoms with van der Waals surface area (Å²) in [6, 6.07) is 5.82. The first-order chi connectivity index (χ1) is 9.52. The minimum atomic E-state index is -0.427. The van der Waals surface area contributed by atoms with Gasteiger partial charge < -0.3 is 5.73 Å². The summed E-state index contributed by atoms with van der Waals surface area (Å²) in [5, 5.41) is 0. The molecule has 0 unspecified atom stereocenters. The summed E-state index contributed by atoms with van der Waals surface area (Å²) < 4.78 is 16.0. The van der Waals surface area contributed by atoms with Gasteiger partial charge in [0.25, 0.3) is 5.56 Å². The van der Waals surface area contributed by atoms with Gasteiger partial charge in [0.1, 0.15) is 5.82 Å². The zero-order chi connectivity index (χ0) is 14.7. The largest absolute Gasteiger partial charge is 0.331 e. The summed E-state index contributed by atoms with van der Waals surface area (Å²) in [6.45, 7) is 0.634. The lowest BCUT2D eigenvalue weighted by atomic mass is 10.2. The molecule has 1 aromatic carbocycles. The van der Waals surface area contributed by atoms with Gasteiger partial charge in [-0.2, -0.15) is 0 Å². The van der Waals surface area contributed by atoms with Gasteiger partial charge in [-0.05, 0) is 33.6 Å². The van der Waals surface area contributed by atoms with Crippen LogP contribution < -0.4 is 17.0 Å². The topological polar surface area (TPSA) is 70.0 Å². The van der Waals surface area contributed by atoms with Gasteiger partial charge >= 0.3 is 5.69 Å². The Balaban J connectivity index is 2.39. The highest BCUT2D eigenvalue weighted by Crippen LogP contribution is 2.17. The zero-order valence-corrected chi connectivity index (χ0v) is 12.1. The van der Waals surface area contributed by atoms with Crippen molar-refractivity contribution in [2.24, 2.45) is 5.73 Å². The van der Waals surface area contributed by atoms with E-state index in [-0.39, 0.29) is 31.0 Å². The summed E-state index contributed by atoms with van der Waals surface area (Å²) in [6.07, 6.45) is 1.43. The van der Waals surface area contributed by atoms with E-state index in [1.165, 1.54) is 22.9 Å². The molecule has 0 spiro atoms. The Morgan fingerprint density at radius 1 is 1.25 bits per heavy atom. The van der Waals surface area contributed by atoms with E-state index in [4.69, 9.17) is 5.73 Å². The van der Waals surface area contributed by atoms with Gasteiger partial charge in [-0.3, -0.25) is 13.9 Å². The van der Waals surface area contributed by atoms with Gasteiger partial charge in [-0.1, -0.05) is 6.07 Å². The van der Waals surface area contributed by atoms with E-state index in [1.54, 1.807) is 12.1 Å².